The lowest BCUT2D eigenvalue weighted by atomic mass is 10.2. The van der Waals surface area contributed by atoms with Gasteiger partial charge in [-0.25, -0.2) is 8.78 Å². The van der Waals surface area contributed by atoms with Crippen LogP contribution < -0.4 is 4.74 Å². The molecule has 0 aliphatic rings. The van der Waals surface area contributed by atoms with Crippen molar-refractivity contribution in [3.05, 3.63) is 59.7 Å². The summed E-state index contributed by atoms with van der Waals surface area (Å²) in [7, 11) is 0. The van der Waals surface area contributed by atoms with Crippen molar-refractivity contribution >= 4 is 0 Å². The second kappa shape index (κ2) is 4.82. The molecule has 4 heteroatoms. The van der Waals surface area contributed by atoms with Crippen molar-refractivity contribution in [1.29, 1.82) is 0 Å². The number of phenolic OH excluding ortho intramolecular Hbond substituents is 1. The van der Waals surface area contributed by atoms with Crippen LogP contribution in [0.4, 0.5) is 8.78 Å². The van der Waals surface area contributed by atoms with Gasteiger partial charge in [-0.15, -0.1) is 0 Å². The molecule has 0 heterocycles. The summed E-state index contributed by atoms with van der Waals surface area (Å²) in [5, 5.41) is 9.36. The number of benzene rings is 2. The Bertz CT molecular complexity index is 512. The van der Waals surface area contributed by atoms with Gasteiger partial charge >= 0.3 is 0 Å². The summed E-state index contributed by atoms with van der Waals surface area (Å²) in [6.45, 7) is 0.180. The third-order valence-electron chi connectivity index (χ3n) is 2.24. The molecular formula is C13H10F2O2. The third-order valence-corrected chi connectivity index (χ3v) is 2.24. The monoisotopic (exact) mass is 236 g/mol. The van der Waals surface area contributed by atoms with Gasteiger partial charge in [0.15, 0.2) is 23.1 Å². The highest BCUT2D eigenvalue weighted by Gasteiger charge is 2.10. The molecule has 2 aromatic rings. The number of rotatable bonds is 3. The standard InChI is InChI=1S/C13H10F2O2/c14-10-6-12(16)13(7-11(10)15)17-8-9-4-2-1-3-5-9/h1-7,16H,8H2. The van der Waals surface area contributed by atoms with Crippen LogP contribution in [0.1, 0.15) is 5.56 Å². The molecule has 0 saturated heterocycles. The van der Waals surface area contributed by atoms with Crippen LogP contribution in [0.25, 0.3) is 0 Å². The summed E-state index contributed by atoms with van der Waals surface area (Å²) in [4.78, 5) is 0. The highest BCUT2D eigenvalue weighted by molar-refractivity contribution is 5.39. The van der Waals surface area contributed by atoms with Gasteiger partial charge in [-0.05, 0) is 5.56 Å². The molecule has 0 atom stereocenters. The fourth-order valence-corrected chi connectivity index (χ4v) is 1.37. The molecule has 0 aliphatic heterocycles. The number of halogens is 2. The second-order valence-corrected chi connectivity index (χ2v) is 3.51. The van der Waals surface area contributed by atoms with E-state index in [1.807, 2.05) is 30.3 Å². The minimum absolute atomic E-state index is 0.0762. The zero-order valence-corrected chi connectivity index (χ0v) is 8.86. The van der Waals surface area contributed by atoms with Gasteiger partial charge in [-0.1, -0.05) is 30.3 Å². The van der Waals surface area contributed by atoms with E-state index in [0.29, 0.717) is 6.07 Å². The molecule has 2 nitrogen and oxygen atoms in total. The minimum atomic E-state index is -1.10. The molecule has 0 radical (unpaired) electrons. The van der Waals surface area contributed by atoms with E-state index in [2.05, 4.69) is 0 Å². The van der Waals surface area contributed by atoms with Gasteiger partial charge in [0, 0.05) is 12.1 Å². The van der Waals surface area contributed by atoms with E-state index in [1.165, 1.54) is 0 Å². The normalized spacial score (nSPS) is 10.2. The van der Waals surface area contributed by atoms with E-state index < -0.39 is 17.4 Å². The Morgan fingerprint density at radius 3 is 2.35 bits per heavy atom. The summed E-state index contributed by atoms with van der Waals surface area (Å²) in [6.07, 6.45) is 0. The zero-order valence-electron chi connectivity index (χ0n) is 8.86. The fourth-order valence-electron chi connectivity index (χ4n) is 1.37. The zero-order chi connectivity index (χ0) is 12.3. The highest BCUT2D eigenvalue weighted by atomic mass is 19.2. The quantitative estimate of drug-likeness (QED) is 0.886. The summed E-state index contributed by atoms with van der Waals surface area (Å²) < 4.78 is 30.9. The van der Waals surface area contributed by atoms with Crippen LogP contribution in [0, 0.1) is 11.6 Å². The second-order valence-electron chi connectivity index (χ2n) is 3.51. The molecule has 0 spiro atoms. The first-order valence-electron chi connectivity index (χ1n) is 5.01. The largest absolute Gasteiger partial charge is 0.504 e. The Kier molecular flexibility index (Phi) is 3.23. The Hall–Kier alpha value is -2.10. The van der Waals surface area contributed by atoms with E-state index >= 15 is 0 Å². The summed E-state index contributed by atoms with van der Waals surface area (Å²) in [5.41, 5.74) is 0.872. The molecule has 2 rings (SSSR count). The van der Waals surface area contributed by atoms with Crippen molar-refractivity contribution in [1.82, 2.24) is 0 Å². The van der Waals surface area contributed by atoms with Crippen LogP contribution in [0.5, 0.6) is 11.5 Å². The van der Waals surface area contributed by atoms with Crippen molar-refractivity contribution in [2.24, 2.45) is 0 Å². The van der Waals surface area contributed by atoms with E-state index in [0.717, 1.165) is 11.6 Å². The maximum absolute atomic E-state index is 12.9. The molecule has 0 amide bonds. The summed E-state index contributed by atoms with van der Waals surface area (Å²) >= 11 is 0. The molecule has 1 N–H and O–H groups in total. The van der Waals surface area contributed by atoms with Crippen LogP contribution in [0.2, 0.25) is 0 Å². The smallest absolute Gasteiger partial charge is 0.164 e. The first-order chi connectivity index (χ1) is 8.16. The predicted octanol–water partition coefficient (Wildman–Crippen LogP) is 3.25. The Balaban J connectivity index is 2.12. The summed E-state index contributed by atoms with van der Waals surface area (Å²) in [5.74, 6) is -2.65. The molecule has 2 aromatic carbocycles. The van der Waals surface area contributed by atoms with Gasteiger partial charge in [0.25, 0.3) is 0 Å². The van der Waals surface area contributed by atoms with Crippen LogP contribution in [0.15, 0.2) is 42.5 Å². The molecule has 17 heavy (non-hydrogen) atoms. The first kappa shape index (κ1) is 11.4. The molecule has 0 unspecified atom stereocenters. The van der Waals surface area contributed by atoms with Crippen molar-refractivity contribution in [2.75, 3.05) is 0 Å². The number of ether oxygens (including phenoxy) is 1. The summed E-state index contributed by atoms with van der Waals surface area (Å²) in [6, 6.07) is 10.7. The van der Waals surface area contributed by atoms with Crippen molar-refractivity contribution in [3.63, 3.8) is 0 Å². The lowest BCUT2D eigenvalue weighted by Gasteiger charge is -2.08. The van der Waals surface area contributed by atoms with Gasteiger partial charge < -0.3 is 9.84 Å². The SMILES string of the molecule is Oc1cc(F)c(F)cc1OCc1ccccc1. The van der Waals surface area contributed by atoms with Crippen molar-refractivity contribution < 1.29 is 18.6 Å². The number of hydrogen-bond donors (Lipinski definition) is 1. The maximum atomic E-state index is 12.9. The minimum Gasteiger partial charge on any atom is -0.504 e. The average molecular weight is 236 g/mol. The average Bonchev–Trinajstić information content (AvgIpc) is 2.33. The van der Waals surface area contributed by atoms with E-state index in [9.17, 15) is 13.9 Å². The number of phenols is 1. The van der Waals surface area contributed by atoms with Crippen LogP contribution >= 0.6 is 0 Å². The van der Waals surface area contributed by atoms with Gasteiger partial charge in [0.2, 0.25) is 0 Å². The number of hydrogen-bond acceptors (Lipinski definition) is 2. The molecule has 0 saturated carbocycles. The van der Waals surface area contributed by atoms with Crippen molar-refractivity contribution in [3.8, 4) is 11.5 Å². The fraction of sp³-hybridized carbons (Fsp3) is 0.0769. The maximum Gasteiger partial charge on any atom is 0.164 e. The Labute approximate surface area is 97.1 Å². The van der Waals surface area contributed by atoms with Gasteiger partial charge in [-0.2, -0.15) is 0 Å². The molecule has 0 aliphatic carbocycles. The Morgan fingerprint density at radius 1 is 1.00 bits per heavy atom. The molecule has 0 bridgehead atoms. The Morgan fingerprint density at radius 2 is 1.65 bits per heavy atom. The lowest BCUT2D eigenvalue weighted by Crippen LogP contribution is -1.96. The van der Waals surface area contributed by atoms with Crippen LogP contribution in [-0.2, 0) is 6.61 Å². The van der Waals surface area contributed by atoms with E-state index in [1.54, 1.807) is 0 Å². The van der Waals surface area contributed by atoms with Gasteiger partial charge in [0.05, 0.1) is 0 Å². The van der Waals surface area contributed by atoms with Crippen LogP contribution in [0.3, 0.4) is 0 Å². The van der Waals surface area contributed by atoms with Gasteiger partial charge in [-0.3, -0.25) is 0 Å². The molecule has 0 aromatic heterocycles. The van der Waals surface area contributed by atoms with Crippen molar-refractivity contribution in [2.45, 2.75) is 6.61 Å². The van der Waals surface area contributed by atoms with Crippen LogP contribution in [-0.4, -0.2) is 5.11 Å². The van der Waals surface area contributed by atoms with E-state index in [4.69, 9.17) is 4.74 Å². The molecular weight excluding hydrogens is 226 g/mol. The number of aromatic hydroxyl groups is 1. The first-order valence-corrected chi connectivity index (χ1v) is 5.01. The molecule has 0 fully saturated rings. The predicted molar refractivity (Wildman–Crippen MR) is 58.8 cm³/mol. The van der Waals surface area contributed by atoms with E-state index in [-0.39, 0.29) is 12.4 Å². The topological polar surface area (TPSA) is 29.5 Å². The lowest BCUT2D eigenvalue weighted by molar-refractivity contribution is 0.285. The molecule has 88 valence electrons. The highest BCUT2D eigenvalue weighted by Crippen LogP contribution is 2.28. The van der Waals surface area contributed by atoms with Gasteiger partial charge in [0.1, 0.15) is 6.61 Å². The third kappa shape index (κ3) is 2.72.